The van der Waals surface area contributed by atoms with Crippen LogP contribution in [0, 0.1) is 0 Å². The summed E-state index contributed by atoms with van der Waals surface area (Å²) in [5, 5.41) is 0. The molecule has 33 heavy (non-hydrogen) atoms. The fourth-order valence-corrected chi connectivity index (χ4v) is 4.11. The molecule has 0 aliphatic rings. The van der Waals surface area contributed by atoms with Gasteiger partial charge in [-0.05, 0) is 72.4 Å². The first-order valence-electron chi connectivity index (χ1n) is 11.0. The number of rotatable bonds is 11. The summed E-state index contributed by atoms with van der Waals surface area (Å²) in [4.78, 5) is 0. The summed E-state index contributed by atoms with van der Waals surface area (Å²) >= 11 is 0. The first kappa shape index (κ1) is 23.9. The van der Waals surface area contributed by atoms with Gasteiger partial charge in [0.2, 0.25) is 0 Å². The van der Waals surface area contributed by atoms with Crippen LogP contribution in [0.3, 0.4) is 0 Å². The third-order valence-electron chi connectivity index (χ3n) is 5.60. The first-order valence-corrected chi connectivity index (χ1v) is 11.0. The van der Waals surface area contributed by atoms with Gasteiger partial charge in [0, 0.05) is 22.3 Å². The summed E-state index contributed by atoms with van der Waals surface area (Å²) in [5.41, 5.74) is 7.32. The topological polar surface area (TPSA) is 27.7 Å². The molecule has 3 nitrogen and oxygen atoms in total. The molecular formula is C30H32O3. The van der Waals surface area contributed by atoms with Crippen molar-refractivity contribution in [2.24, 2.45) is 0 Å². The lowest BCUT2D eigenvalue weighted by molar-refractivity contribution is 0.408. The Balaban J connectivity index is 2.37. The van der Waals surface area contributed by atoms with Crippen molar-refractivity contribution in [3.8, 4) is 39.5 Å². The largest absolute Gasteiger partial charge is 0.496 e. The van der Waals surface area contributed by atoms with E-state index >= 15 is 0 Å². The molecule has 0 aliphatic heterocycles. The standard InChI is InChI=1S/C30H32O3/c1-7-10-21-13-15-28(31-4)24(17-21)26-19-23(12-9-3)20-27(30(26)33-6)25-18-22(11-8-2)14-16-29(25)32-5/h7-9,13-20H,1-3,10-12H2,4-6H3. The average molecular weight is 441 g/mol. The van der Waals surface area contributed by atoms with Gasteiger partial charge in [0.1, 0.15) is 17.2 Å². The van der Waals surface area contributed by atoms with Crippen molar-refractivity contribution >= 4 is 0 Å². The lowest BCUT2D eigenvalue weighted by Crippen LogP contribution is -1.99. The number of allylic oxidation sites excluding steroid dienone is 3. The zero-order valence-electron chi connectivity index (χ0n) is 19.8. The second kappa shape index (κ2) is 11.2. The van der Waals surface area contributed by atoms with Crippen LogP contribution in [0.5, 0.6) is 17.2 Å². The van der Waals surface area contributed by atoms with Crippen molar-refractivity contribution in [1.29, 1.82) is 0 Å². The summed E-state index contributed by atoms with van der Waals surface area (Å²) in [5.74, 6) is 2.34. The van der Waals surface area contributed by atoms with Gasteiger partial charge in [-0.1, -0.05) is 30.4 Å². The normalized spacial score (nSPS) is 10.4. The van der Waals surface area contributed by atoms with Crippen molar-refractivity contribution in [3.05, 3.63) is 103 Å². The van der Waals surface area contributed by atoms with Crippen molar-refractivity contribution in [3.63, 3.8) is 0 Å². The second-order valence-electron chi connectivity index (χ2n) is 7.77. The van der Waals surface area contributed by atoms with Crippen LogP contribution in [0.25, 0.3) is 22.3 Å². The minimum atomic E-state index is 0.729. The molecule has 0 radical (unpaired) electrons. The summed E-state index contributed by atoms with van der Waals surface area (Å²) in [6, 6.07) is 16.7. The fraction of sp³-hybridized carbons (Fsp3) is 0.200. The molecule has 0 N–H and O–H groups in total. The summed E-state index contributed by atoms with van der Waals surface area (Å²) in [7, 11) is 5.08. The SMILES string of the molecule is C=CCc1ccc(OC)c(-c2cc(CC=C)cc(-c3cc(CC=C)ccc3OC)c2OC)c1. The molecule has 0 unspecified atom stereocenters. The van der Waals surface area contributed by atoms with Crippen molar-refractivity contribution in [2.75, 3.05) is 21.3 Å². The molecule has 0 saturated heterocycles. The van der Waals surface area contributed by atoms with Gasteiger partial charge in [0.25, 0.3) is 0 Å². The van der Waals surface area contributed by atoms with E-state index in [1.54, 1.807) is 21.3 Å². The smallest absolute Gasteiger partial charge is 0.134 e. The van der Waals surface area contributed by atoms with E-state index in [4.69, 9.17) is 14.2 Å². The van der Waals surface area contributed by atoms with E-state index in [0.717, 1.165) is 75.5 Å². The molecule has 0 heterocycles. The lowest BCUT2D eigenvalue weighted by Gasteiger charge is -2.20. The maximum Gasteiger partial charge on any atom is 0.134 e. The number of benzene rings is 3. The summed E-state index contributed by atoms with van der Waals surface area (Å²) < 4.78 is 17.5. The van der Waals surface area contributed by atoms with Crippen LogP contribution in [0.1, 0.15) is 16.7 Å². The molecule has 0 spiro atoms. The van der Waals surface area contributed by atoms with Crippen molar-refractivity contribution in [1.82, 2.24) is 0 Å². The Morgan fingerprint density at radius 1 is 0.545 bits per heavy atom. The fourth-order valence-electron chi connectivity index (χ4n) is 4.11. The van der Waals surface area contributed by atoms with Crippen molar-refractivity contribution < 1.29 is 14.2 Å². The maximum absolute atomic E-state index is 6.04. The predicted octanol–water partition coefficient (Wildman–Crippen LogP) is 7.23. The molecule has 0 atom stereocenters. The van der Waals surface area contributed by atoms with Gasteiger partial charge in [-0.3, -0.25) is 0 Å². The third kappa shape index (κ3) is 5.20. The molecule has 0 aliphatic carbocycles. The van der Waals surface area contributed by atoms with E-state index in [-0.39, 0.29) is 0 Å². The van der Waals surface area contributed by atoms with Crippen molar-refractivity contribution in [2.45, 2.75) is 19.3 Å². The molecule has 0 amide bonds. The number of hydrogen-bond donors (Lipinski definition) is 0. The Morgan fingerprint density at radius 3 is 1.30 bits per heavy atom. The second-order valence-corrected chi connectivity index (χ2v) is 7.77. The Morgan fingerprint density at radius 2 is 0.939 bits per heavy atom. The molecule has 3 rings (SSSR count). The molecular weight excluding hydrogens is 408 g/mol. The molecule has 170 valence electrons. The highest BCUT2D eigenvalue weighted by Gasteiger charge is 2.20. The van der Waals surface area contributed by atoms with Gasteiger partial charge in [-0.15, -0.1) is 19.7 Å². The number of ether oxygens (including phenoxy) is 3. The van der Waals surface area contributed by atoms with Gasteiger partial charge in [0.05, 0.1) is 21.3 Å². The average Bonchev–Trinajstić information content (AvgIpc) is 2.84. The van der Waals surface area contributed by atoms with E-state index in [0.29, 0.717) is 0 Å². The first-order chi connectivity index (χ1) is 16.1. The minimum Gasteiger partial charge on any atom is -0.496 e. The van der Waals surface area contributed by atoms with Crippen LogP contribution in [0.15, 0.2) is 86.5 Å². The van der Waals surface area contributed by atoms with E-state index in [1.807, 2.05) is 30.4 Å². The van der Waals surface area contributed by atoms with Crippen LogP contribution in [0.2, 0.25) is 0 Å². The van der Waals surface area contributed by atoms with E-state index < -0.39 is 0 Å². The maximum atomic E-state index is 6.04. The molecule has 3 heteroatoms. The molecule has 0 saturated carbocycles. The van der Waals surface area contributed by atoms with Crippen LogP contribution >= 0.6 is 0 Å². The third-order valence-corrected chi connectivity index (χ3v) is 5.60. The quantitative estimate of drug-likeness (QED) is 0.294. The Kier molecular flexibility index (Phi) is 8.15. The highest BCUT2D eigenvalue weighted by Crippen LogP contribution is 2.46. The number of methoxy groups -OCH3 is 3. The Bertz CT molecular complexity index is 1070. The summed E-state index contributed by atoms with van der Waals surface area (Å²) in [6.45, 7) is 11.7. The van der Waals surface area contributed by atoms with E-state index in [9.17, 15) is 0 Å². The van der Waals surface area contributed by atoms with Gasteiger partial charge in [-0.25, -0.2) is 0 Å². The predicted molar refractivity (Wildman–Crippen MR) is 139 cm³/mol. The highest BCUT2D eigenvalue weighted by atomic mass is 16.5. The van der Waals surface area contributed by atoms with Crippen LogP contribution in [-0.2, 0) is 19.3 Å². The highest BCUT2D eigenvalue weighted by molar-refractivity contribution is 5.88. The van der Waals surface area contributed by atoms with E-state index in [2.05, 4.69) is 56.1 Å². The molecule has 3 aromatic rings. The van der Waals surface area contributed by atoms with Crippen LogP contribution < -0.4 is 14.2 Å². The molecule has 0 bridgehead atoms. The lowest BCUT2D eigenvalue weighted by atomic mass is 9.91. The number of hydrogen-bond acceptors (Lipinski definition) is 3. The van der Waals surface area contributed by atoms with Crippen LogP contribution in [0.4, 0.5) is 0 Å². The molecule has 0 fully saturated rings. The Labute approximate surface area is 197 Å². The molecule has 0 aromatic heterocycles. The van der Waals surface area contributed by atoms with Gasteiger partial charge in [-0.2, -0.15) is 0 Å². The van der Waals surface area contributed by atoms with Crippen LogP contribution in [-0.4, -0.2) is 21.3 Å². The molecule has 3 aromatic carbocycles. The van der Waals surface area contributed by atoms with Gasteiger partial charge in [0.15, 0.2) is 0 Å². The zero-order chi connectivity index (χ0) is 23.8. The minimum absolute atomic E-state index is 0.729. The van der Waals surface area contributed by atoms with Gasteiger partial charge < -0.3 is 14.2 Å². The summed E-state index contributed by atoms with van der Waals surface area (Å²) in [6.07, 6.45) is 7.99. The zero-order valence-corrected chi connectivity index (χ0v) is 19.8. The van der Waals surface area contributed by atoms with Gasteiger partial charge >= 0.3 is 0 Å². The van der Waals surface area contributed by atoms with E-state index in [1.165, 1.54) is 0 Å². The monoisotopic (exact) mass is 440 g/mol. The Hall–Kier alpha value is -3.72.